The van der Waals surface area contributed by atoms with Crippen LogP contribution >= 0.6 is 0 Å². The second kappa shape index (κ2) is 8.26. The summed E-state index contributed by atoms with van der Waals surface area (Å²) in [6.45, 7) is 3.27. The van der Waals surface area contributed by atoms with Gasteiger partial charge in [0.1, 0.15) is 0 Å². The molecule has 0 saturated carbocycles. The van der Waals surface area contributed by atoms with Crippen molar-refractivity contribution in [1.82, 2.24) is 0 Å². The molecule has 0 aliphatic rings. The number of anilines is 1. The number of carbonyl (C=O) groups excluding carboxylic acids is 2. The number of hydrogen-bond donors (Lipinski definition) is 1. The molecule has 0 fully saturated rings. The number of carbonyl (C=O) groups is 2. The van der Waals surface area contributed by atoms with Gasteiger partial charge in [0.2, 0.25) is 9.84 Å². The van der Waals surface area contributed by atoms with E-state index in [4.69, 9.17) is 4.74 Å². The maximum Gasteiger partial charge on any atom is 0.341 e. The quantitative estimate of drug-likeness (QED) is 0.757. The minimum atomic E-state index is -4.74. The Labute approximate surface area is 155 Å². The van der Waals surface area contributed by atoms with Crippen LogP contribution in [0.1, 0.15) is 21.5 Å². The lowest BCUT2D eigenvalue weighted by Gasteiger charge is -2.09. The number of amides is 1. The molecule has 0 atom stereocenters. The lowest BCUT2D eigenvalue weighted by atomic mass is 10.1. The Bertz CT molecular complexity index is 956. The predicted molar refractivity (Wildman–Crippen MR) is 94.5 cm³/mol. The van der Waals surface area contributed by atoms with E-state index in [2.05, 4.69) is 5.32 Å². The van der Waals surface area contributed by atoms with Crippen LogP contribution in [0.3, 0.4) is 0 Å². The molecule has 0 bridgehead atoms. The fourth-order valence-corrected chi connectivity index (χ4v) is 2.84. The largest absolute Gasteiger partial charge is 0.452 e. The van der Waals surface area contributed by atoms with E-state index in [-0.39, 0.29) is 5.56 Å². The van der Waals surface area contributed by atoms with Crippen LogP contribution in [0.2, 0.25) is 0 Å². The van der Waals surface area contributed by atoms with E-state index in [1.165, 1.54) is 0 Å². The van der Waals surface area contributed by atoms with Gasteiger partial charge in [-0.2, -0.15) is 8.78 Å². The summed E-state index contributed by atoms with van der Waals surface area (Å²) >= 11 is 0. The molecule has 144 valence electrons. The molecule has 0 spiro atoms. The number of benzene rings is 2. The van der Waals surface area contributed by atoms with Gasteiger partial charge in [-0.25, -0.2) is 13.2 Å². The van der Waals surface area contributed by atoms with Crippen molar-refractivity contribution in [3.8, 4) is 0 Å². The number of halogens is 2. The average Bonchev–Trinajstić information content (AvgIpc) is 2.62. The maximum atomic E-state index is 12.5. The molecule has 0 aliphatic heterocycles. The van der Waals surface area contributed by atoms with E-state index in [1.807, 2.05) is 19.9 Å². The summed E-state index contributed by atoms with van der Waals surface area (Å²) in [6.07, 6.45) is 0. The minimum absolute atomic E-state index is 0.0674. The number of hydrogen-bond acceptors (Lipinski definition) is 5. The Balaban J connectivity index is 1.95. The lowest BCUT2D eigenvalue weighted by molar-refractivity contribution is -0.119. The van der Waals surface area contributed by atoms with Gasteiger partial charge in [-0.05, 0) is 61.4 Å². The highest BCUT2D eigenvalue weighted by Gasteiger charge is 2.26. The molecule has 2 rings (SSSR count). The molecular formula is C18H17F2NO5S. The normalized spacial score (nSPS) is 11.3. The Kier molecular flexibility index (Phi) is 6.27. The molecule has 0 aromatic heterocycles. The third-order valence-electron chi connectivity index (χ3n) is 3.78. The van der Waals surface area contributed by atoms with Gasteiger partial charge in [-0.3, -0.25) is 4.79 Å². The molecule has 0 radical (unpaired) electrons. The van der Waals surface area contributed by atoms with Crippen LogP contribution in [0, 0.1) is 13.8 Å². The molecule has 0 unspecified atom stereocenters. The van der Waals surface area contributed by atoms with E-state index in [9.17, 15) is 26.8 Å². The highest BCUT2D eigenvalue weighted by atomic mass is 32.2. The Morgan fingerprint density at radius 3 is 2.22 bits per heavy atom. The first-order valence-electron chi connectivity index (χ1n) is 7.77. The molecule has 0 heterocycles. The molecule has 0 saturated heterocycles. The molecule has 2 aromatic carbocycles. The van der Waals surface area contributed by atoms with Crippen molar-refractivity contribution in [3.63, 3.8) is 0 Å². The average molecular weight is 397 g/mol. The van der Waals surface area contributed by atoms with Crippen molar-refractivity contribution in [1.29, 1.82) is 0 Å². The molecule has 9 heteroatoms. The van der Waals surface area contributed by atoms with Gasteiger partial charge in [0.05, 0.1) is 10.5 Å². The number of nitrogens with one attached hydrogen (secondary N) is 1. The fraction of sp³-hybridized carbons (Fsp3) is 0.222. The van der Waals surface area contributed by atoms with Gasteiger partial charge >= 0.3 is 11.7 Å². The molecule has 1 N–H and O–H groups in total. The number of sulfone groups is 1. The number of rotatable bonds is 6. The van der Waals surface area contributed by atoms with Gasteiger partial charge in [-0.15, -0.1) is 0 Å². The zero-order valence-electron chi connectivity index (χ0n) is 14.5. The fourth-order valence-electron chi connectivity index (χ4n) is 2.11. The number of alkyl halides is 2. The van der Waals surface area contributed by atoms with E-state index in [0.29, 0.717) is 5.69 Å². The van der Waals surface area contributed by atoms with E-state index in [0.717, 1.165) is 35.4 Å². The van der Waals surface area contributed by atoms with Gasteiger partial charge in [0.25, 0.3) is 5.91 Å². The summed E-state index contributed by atoms with van der Waals surface area (Å²) in [4.78, 5) is 23.1. The molecule has 0 aliphatic carbocycles. The van der Waals surface area contributed by atoms with Crippen LogP contribution in [0.4, 0.5) is 14.5 Å². The van der Waals surface area contributed by atoms with Crippen LogP contribution in [0.15, 0.2) is 47.4 Å². The Hall–Kier alpha value is -2.81. The van der Waals surface area contributed by atoms with Crippen molar-refractivity contribution in [2.75, 3.05) is 11.9 Å². The van der Waals surface area contributed by atoms with Crippen LogP contribution in [-0.2, 0) is 19.4 Å². The van der Waals surface area contributed by atoms with Gasteiger partial charge in [0, 0.05) is 5.69 Å². The van der Waals surface area contributed by atoms with E-state index < -0.39 is 39.0 Å². The lowest BCUT2D eigenvalue weighted by Crippen LogP contribution is -2.21. The second-order valence-electron chi connectivity index (χ2n) is 5.75. The summed E-state index contributed by atoms with van der Waals surface area (Å²) in [5.41, 5.74) is 2.54. The van der Waals surface area contributed by atoms with Crippen LogP contribution < -0.4 is 5.32 Å². The van der Waals surface area contributed by atoms with Crippen molar-refractivity contribution in [2.45, 2.75) is 24.5 Å². The highest BCUT2D eigenvalue weighted by Crippen LogP contribution is 2.19. The van der Waals surface area contributed by atoms with Crippen LogP contribution in [0.25, 0.3) is 0 Å². The molecule has 6 nitrogen and oxygen atoms in total. The summed E-state index contributed by atoms with van der Waals surface area (Å²) in [7, 11) is -4.74. The monoisotopic (exact) mass is 397 g/mol. The zero-order valence-corrected chi connectivity index (χ0v) is 15.3. The molecule has 2 aromatic rings. The molecule has 1 amide bonds. The SMILES string of the molecule is Cc1ccc(NC(=O)COC(=O)c2ccc(S(=O)(=O)C(F)F)cc2)cc1C. The van der Waals surface area contributed by atoms with Crippen molar-refractivity contribution >= 4 is 27.4 Å². The van der Waals surface area contributed by atoms with Gasteiger partial charge in [0.15, 0.2) is 6.61 Å². The zero-order chi connectivity index (χ0) is 20.2. The first kappa shape index (κ1) is 20.5. The second-order valence-corrected chi connectivity index (χ2v) is 7.67. The Morgan fingerprint density at radius 1 is 1.04 bits per heavy atom. The highest BCUT2D eigenvalue weighted by molar-refractivity contribution is 7.91. The first-order valence-corrected chi connectivity index (χ1v) is 9.32. The standard InChI is InChI=1S/C18H17F2NO5S/c1-11-3-6-14(9-12(11)2)21-16(22)10-26-17(23)13-4-7-15(8-5-13)27(24,25)18(19)20/h3-9,18H,10H2,1-2H3,(H,21,22). The summed E-state index contributed by atoms with van der Waals surface area (Å²) in [5, 5.41) is 2.58. The summed E-state index contributed by atoms with van der Waals surface area (Å²) in [5.74, 6) is -4.99. The predicted octanol–water partition coefficient (Wildman–Crippen LogP) is 3.10. The third kappa shape index (κ3) is 5.10. The topological polar surface area (TPSA) is 89.5 Å². The van der Waals surface area contributed by atoms with Crippen LogP contribution in [0.5, 0.6) is 0 Å². The molecular weight excluding hydrogens is 380 g/mol. The number of ether oxygens (including phenoxy) is 1. The van der Waals surface area contributed by atoms with E-state index in [1.54, 1.807) is 12.1 Å². The Morgan fingerprint density at radius 2 is 1.67 bits per heavy atom. The van der Waals surface area contributed by atoms with Gasteiger partial charge in [-0.1, -0.05) is 6.07 Å². The molecule has 27 heavy (non-hydrogen) atoms. The minimum Gasteiger partial charge on any atom is -0.452 e. The van der Waals surface area contributed by atoms with Crippen molar-refractivity contribution in [3.05, 3.63) is 59.2 Å². The van der Waals surface area contributed by atoms with E-state index >= 15 is 0 Å². The summed E-state index contributed by atoms with van der Waals surface area (Å²) < 4.78 is 52.4. The first-order chi connectivity index (χ1) is 12.6. The third-order valence-corrected chi connectivity index (χ3v) is 5.18. The summed E-state index contributed by atoms with van der Waals surface area (Å²) in [6, 6.07) is 9.17. The number of esters is 1. The van der Waals surface area contributed by atoms with Crippen molar-refractivity contribution < 1.29 is 31.5 Å². The van der Waals surface area contributed by atoms with Crippen LogP contribution in [-0.4, -0.2) is 32.7 Å². The smallest absolute Gasteiger partial charge is 0.341 e. The van der Waals surface area contributed by atoms with Crippen molar-refractivity contribution in [2.24, 2.45) is 0 Å². The van der Waals surface area contributed by atoms with Gasteiger partial charge < -0.3 is 10.1 Å². The maximum absolute atomic E-state index is 12.5. The number of aryl methyl sites for hydroxylation is 2.